The smallest absolute Gasteiger partial charge is 0.240 e. The van der Waals surface area contributed by atoms with Gasteiger partial charge in [0.05, 0.1) is 12.0 Å². The topological polar surface area (TPSA) is 74.9 Å². The molecule has 0 aliphatic carbocycles. The second-order valence-corrected chi connectivity index (χ2v) is 5.40. The molecule has 6 heteroatoms. The van der Waals surface area contributed by atoms with E-state index in [0.717, 1.165) is 17.0 Å². The Bertz CT molecular complexity index is 748. The van der Waals surface area contributed by atoms with Gasteiger partial charge in [0.2, 0.25) is 11.8 Å². The molecule has 2 aromatic rings. The molecule has 0 fully saturated rings. The van der Waals surface area contributed by atoms with Crippen molar-refractivity contribution in [2.24, 2.45) is 5.10 Å². The summed E-state index contributed by atoms with van der Waals surface area (Å²) in [6.45, 7) is 2.95. The number of nitrogens with one attached hydrogen (secondary N) is 1. The molecule has 1 aliphatic rings. The van der Waals surface area contributed by atoms with Gasteiger partial charge in [-0.2, -0.15) is 5.10 Å². The van der Waals surface area contributed by atoms with E-state index in [1.165, 1.54) is 18.9 Å². The molecular weight excluding hydrogens is 294 g/mol. The summed E-state index contributed by atoms with van der Waals surface area (Å²) in [7, 11) is 0. The third-order valence-electron chi connectivity index (χ3n) is 3.64. The maximum absolute atomic E-state index is 11.8. The molecule has 3 rings (SSSR count). The van der Waals surface area contributed by atoms with Gasteiger partial charge in [0.1, 0.15) is 11.8 Å². The monoisotopic (exact) mass is 311 g/mol. The van der Waals surface area contributed by atoms with Crippen LogP contribution in [0.3, 0.4) is 0 Å². The lowest BCUT2D eigenvalue weighted by atomic mass is 10.0. The van der Waals surface area contributed by atoms with Gasteiger partial charge in [-0.15, -0.1) is 0 Å². The van der Waals surface area contributed by atoms with Crippen molar-refractivity contribution in [2.75, 3.05) is 5.32 Å². The van der Waals surface area contributed by atoms with Crippen LogP contribution in [0.15, 0.2) is 52.2 Å². The first kappa shape index (κ1) is 15.0. The predicted molar refractivity (Wildman–Crippen MR) is 85.9 cm³/mol. The third-order valence-corrected chi connectivity index (χ3v) is 3.64. The minimum absolute atomic E-state index is 0.114. The van der Waals surface area contributed by atoms with Crippen molar-refractivity contribution in [3.8, 4) is 0 Å². The van der Waals surface area contributed by atoms with Gasteiger partial charge in [0, 0.05) is 26.0 Å². The van der Waals surface area contributed by atoms with E-state index in [0.29, 0.717) is 12.2 Å². The molecule has 2 heterocycles. The molecule has 0 saturated heterocycles. The molecule has 23 heavy (non-hydrogen) atoms. The van der Waals surface area contributed by atoms with Crippen molar-refractivity contribution in [3.05, 3.63) is 54.0 Å². The number of benzene rings is 1. The lowest BCUT2D eigenvalue weighted by molar-refractivity contribution is -0.130. The molecule has 1 aromatic heterocycles. The first-order chi connectivity index (χ1) is 11.0. The second-order valence-electron chi connectivity index (χ2n) is 5.40. The molecular formula is C17H17N3O3. The van der Waals surface area contributed by atoms with Crippen LogP contribution in [0.25, 0.3) is 0 Å². The Morgan fingerprint density at radius 2 is 1.96 bits per heavy atom. The quantitative estimate of drug-likeness (QED) is 0.947. The van der Waals surface area contributed by atoms with E-state index in [2.05, 4.69) is 10.4 Å². The van der Waals surface area contributed by atoms with Crippen molar-refractivity contribution in [2.45, 2.75) is 26.3 Å². The molecule has 2 amide bonds. The van der Waals surface area contributed by atoms with Crippen molar-refractivity contribution >= 4 is 23.2 Å². The highest BCUT2D eigenvalue weighted by atomic mass is 16.3. The number of nitrogens with zero attached hydrogens (tertiary/aromatic N) is 2. The van der Waals surface area contributed by atoms with Gasteiger partial charge >= 0.3 is 0 Å². The molecule has 1 aliphatic heterocycles. The molecule has 1 aromatic carbocycles. The first-order valence-electron chi connectivity index (χ1n) is 7.33. The average Bonchev–Trinajstić information content (AvgIpc) is 3.16. The Morgan fingerprint density at radius 1 is 1.22 bits per heavy atom. The van der Waals surface area contributed by atoms with E-state index in [4.69, 9.17) is 4.42 Å². The molecule has 0 bridgehead atoms. The fourth-order valence-corrected chi connectivity index (χ4v) is 2.63. The molecule has 0 saturated carbocycles. The summed E-state index contributed by atoms with van der Waals surface area (Å²) < 4.78 is 5.43. The highest BCUT2D eigenvalue weighted by Crippen LogP contribution is 2.33. The Balaban J connectivity index is 1.84. The number of furan rings is 1. The van der Waals surface area contributed by atoms with Crippen molar-refractivity contribution < 1.29 is 14.0 Å². The van der Waals surface area contributed by atoms with Gasteiger partial charge in [-0.3, -0.25) is 9.59 Å². The SMILES string of the molecule is CC(=O)Nc1ccc(C2=NN(C(C)=O)C(c3ccco3)C2)cc1. The largest absolute Gasteiger partial charge is 0.467 e. The molecule has 0 radical (unpaired) electrons. The number of rotatable bonds is 3. The molecule has 1 atom stereocenters. The standard InChI is InChI=1S/C17H17N3O3/c1-11(21)18-14-7-5-13(6-8-14)15-10-16(17-4-3-9-23-17)20(19-15)12(2)22/h3-9,16H,10H2,1-2H3,(H,18,21). The van der Waals surface area contributed by atoms with Crippen LogP contribution in [0, 0.1) is 0 Å². The number of carbonyl (C=O) groups is 2. The predicted octanol–water partition coefficient (Wildman–Crippen LogP) is 2.94. The van der Waals surface area contributed by atoms with Gasteiger partial charge in [-0.1, -0.05) is 12.1 Å². The highest BCUT2D eigenvalue weighted by Gasteiger charge is 2.33. The summed E-state index contributed by atoms with van der Waals surface area (Å²) >= 11 is 0. The number of hydrazone groups is 1. The molecule has 1 N–H and O–H groups in total. The van der Waals surface area contributed by atoms with Crippen LogP contribution in [0.1, 0.15) is 37.6 Å². The van der Waals surface area contributed by atoms with Gasteiger partial charge in [-0.25, -0.2) is 5.01 Å². The van der Waals surface area contributed by atoms with Gasteiger partial charge < -0.3 is 9.73 Å². The van der Waals surface area contributed by atoms with Gasteiger partial charge in [0.15, 0.2) is 0 Å². The van der Waals surface area contributed by atoms with Crippen LogP contribution < -0.4 is 5.32 Å². The molecule has 1 unspecified atom stereocenters. The maximum atomic E-state index is 11.8. The van der Waals surface area contributed by atoms with E-state index in [-0.39, 0.29) is 17.9 Å². The van der Waals surface area contributed by atoms with Crippen LogP contribution in [-0.2, 0) is 9.59 Å². The molecule has 0 spiro atoms. The van der Waals surface area contributed by atoms with Crippen LogP contribution in [-0.4, -0.2) is 22.5 Å². The van der Waals surface area contributed by atoms with Crippen molar-refractivity contribution in [1.29, 1.82) is 0 Å². The number of hydrogen-bond donors (Lipinski definition) is 1. The van der Waals surface area contributed by atoms with E-state index < -0.39 is 0 Å². The zero-order valence-electron chi connectivity index (χ0n) is 12.9. The van der Waals surface area contributed by atoms with Gasteiger partial charge in [0.25, 0.3) is 0 Å². The summed E-state index contributed by atoms with van der Waals surface area (Å²) in [4.78, 5) is 22.9. The van der Waals surface area contributed by atoms with E-state index >= 15 is 0 Å². The zero-order valence-corrected chi connectivity index (χ0v) is 12.9. The average molecular weight is 311 g/mol. The minimum atomic E-state index is -0.215. The Labute approximate surface area is 133 Å². The maximum Gasteiger partial charge on any atom is 0.240 e. The summed E-state index contributed by atoms with van der Waals surface area (Å²) in [5, 5.41) is 8.62. The summed E-state index contributed by atoms with van der Waals surface area (Å²) in [6.07, 6.45) is 2.18. The zero-order chi connectivity index (χ0) is 16.4. The lowest BCUT2D eigenvalue weighted by Crippen LogP contribution is -2.23. The number of carbonyl (C=O) groups excluding carboxylic acids is 2. The minimum Gasteiger partial charge on any atom is -0.467 e. The Kier molecular flexibility index (Phi) is 3.97. The highest BCUT2D eigenvalue weighted by molar-refractivity contribution is 6.03. The van der Waals surface area contributed by atoms with Crippen LogP contribution in [0.5, 0.6) is 0 Å². The fourth-order valence-electron chi connectivity index (χ4n) is 2.63. The van der Waals surface area contributed by atoms with E-state index in [9.17, 15) is 9.59 Å². The van der Waals surface area contributed by atoms with E-state index in [1.54, 1.807) is 12.3 Å². The van der Waals surface area contributed by atoms with Crippen LogP contribution in [0.4, 0.5) is 5.69 Å². The normalized spacial score (nSPS) is 17.0. The summed E-state index contributed by atoms with van der Waals surface area (Å²) in [6, 6.07) is 10.8. The molecule has 118 valence electrons. The van der Waals surface area contributed by atoms with E-state index in [1.807, 2.05) is 30.3 Å². The second kappa shape index (κ2) is 6.08. The summed E-state index contributed by atoms with van der Waals surface area (Å²) in [5.74, 6) is 0.474. The first-order valence-corrected chi connectivity index (χ1v) is 7.33. The van der Waals surface area contributed by atoms with Crippen molar-refractivity contribution in [3.63, 3.8) is 0 Å². The number of anilines is 1. The van der Waals surface area contributed by atoms with Crippen molar-refractivity contribution in [1.82, 2.24) is 5.01 Å². The van der Waals surface area contributed by atoms with Gasteiger partial charge in [-0.05, 0) is 29.8 Å². The fraction of sp³-hybridized carbons (Fsp3) is 0.235. The Morgan fingerprint density at radius 3 is 2.52 bits per heavy atom. The number of hydrogen-bond acceptors (Lipinski definition) is 4. The van der Waals surface area contributed by atoms with Crippen LogP contribution in [0.2, 0.25) is 0 Å². The third kappa shape index (κ3) is 3.15. The lowest BCUT2D eigenvalue weighted by Gasteiger charge is -2.17. The Hall–Kier alpha value is -2.89. The summed E-state index contributed by atoms with van der Waals surface area (Å²) in [5.41, 5.74) is 2.46. The molecule has 6 nitrogen and oxygen atoms in total. The number of amides is 2. The van der Waals surface area contributed by atoms with Crippen LogP contribution >= 0.6 is 0 Å².